The van der Waals surface area contributed by atoms with Crippen molar-refractivity contribution in [2.75, 3.05) is 0 Å². The van der Waals surface area contributed by atoms with Crippen molar-refractivity contribution in [2.24, 2.45) is 0 Å². The first-order valence-electron chi connectivity index (χ1n) is 21.2. The molecule has 1 aliphatic carbocycles. The molecule has 0 saturated heterocycles. The summed E-state index contributed by atoms with van der Waals surface area (Å²) in [7, 11) is 0. The Morgan fingerprint density at radius 3 is 1.68 bits per heavy atom. The highest BCUT2D eigenvalue weighted by Crippen LogP contribution is 2.51. The molecular formula is C58H33N3S. The summed E-state index contributed by atoms with van der Waals surface area (Å²) in [5.41, 5.74) is 14.1. The van der Waals surface area contributed by atoms with Crippen molar-refractivity contribution in [1.29, 1.82) is 0 Å². The van der Waals surface area contributed by atoms with Crippen LogP contribution in [0.3, 0.4) is 0 Å². The minimum atomic E-state index is 0.722. The Labute approximate surface area is 360 Å². The smallest absolute Gasteiger partial charge is 0.161 e. The summed E-state index contributed by atoms with van der Waals surface area (Å²) in [5.74, 6) is 0.722. The Bertz CT molecular complexity index is 3900. The van der Waals surface area contributed by atoms with Crippen LogP contribution in [0.4, 0.5) is 0 Å². The zero-order chi connectivity index (χ0) is 40.5. The number of hydrogen-bond acceptors (Lipinski definition) is 3. The predicted molar refractivity (Wildman–Crippen MR) is 263 cm³/mol. The number of hydrogen-bond donors (Lipinski definition) is 0. The van der Waals surface area contributed by atoms with E-state index in [9.17, 15) is 0 Å². The average Bonchev–Trinajstić information content (AvgIpc) is 4.00. The average molecular weight is 804 g/mol. The van der Waals surface area contributed by atoms with Crippen LogP contribution in [0, 0.1) is 0 Å². The number of aromatic nitrogens is 3. The Hall–Kier alpha value is -7.92. The van der Waals surface area contributed by atoms with Crippen LogP contribution in [0.25, 0.3) is 136 Å². The lowest BCUT2D eigenvalue weighted by atomic mass is 9.94. The maximum Gasteiger partial charge on any atom is 0.161 e. The highest BCUT2D eigenvalue weighted by atomic mass is 32.1. The third-order valence-electron chi connectivity index (χ3n) is 13.2. The molecule has 13 aromatic rings. The van der Waals surface area contributed by atoms with E-state index < -0.39 is 0 Å². The zero-order valence-electron chi connectivity index (χ0n) is 33.3. The molecule has 0 atom stereocenters. The Morgan fingerprint density at radius 1 is 0.355 bits per heavy atom. The summed E-state index contributed by atoms with van der Waals surface area (Å²) in [6.07, 6.45) is 0. The van der Waals surface area contributed by atoms with Crippen LogP contribution in [-0.4, -0.2) is 14.5 Å². The highest BCUT2D eigenvalue weighted by Gasteiger charge is 2.25. The Kier molecular flexibility index (Phi) is 6.99. The molecule has 0 spiro atoms. The molecule has 0 saturated carbocycles. The molecule has 0 N–H and O–H groups in total. The molecule has 0 bridgehead atoms. The molecule has 62 heavy (non-hydrogen) atoms. The number of rotatable bonds is 4. The van der Waals surface area contributed by atoms with Crippen LogP contribution in [-0.2, 0) is 0 Å². The van der Waals surface area contributed by atoms with Gasteiger partial charge in [-0.05, 0) is 114 Å². The summed E-state index contributed by atoms with van der Waals surface area (Å²) in [6, 6.07) is 73.0. The van der Waals surface area contributed by atoms with Gasteiger partial charge < -0.3 is 4.57 Å². The SMILES string of the molecule is c1ccc(-c2ccc3sc4nc(-c5ccc(-n6c7ccc8ccccc8c7c7c8ccccc8ccc76)cc5)nc(-c5ccc6c7c(cccc57)-c5ccccc5-6)c4c3c2)cc1. The molecular weight excluding hydrogens is 771 g/mol. The van der Waals surface area contributed by atoms with Crippen molar-refractivity contribution < 1.29 is 0 Å². The monoisotopic (exact) mass is 803 g/mol. The maximum absolute atomic E-state index is 5.59. The van der Waals surface area contributed by atoms with E-state index >= 15 is 0 Å². The van der Waals surface area contributed by atoms with Crippen LogP contribution in [0.5, 0.6) is 0 Å². The zero-order valence-corrected chi connectivity index (χ0v) is 34.1. The van der Waals surface area contributed by atoms with E-state index in [1.165, 1.54) is 97.6 Å². The minimum absolute atomic E-state index is 0.722. The van der Waals surface area contributed by atoms with Crippen LogP contribution < -0.4 is 0 Å². The van der Waals surface area contributed by atoms with E-state index in [4.69, 9.17) is 9.97 Å². The second-order valence-corrected chi connectivity index (χ2v) is 17.5. The molecule has 0 radical (unpaired) electrons. The standard InChI is InChI=1S/C58H33N3S/c1-2-11-34(12-3-1)38-25-32-51-48(33-38)55-56(47-29-28-46-43-18-9-8-17-42(43)44-19-10-20-45(47)52(44)46)59-57(60-58(55)62-51)37-21-26-39(27-22-37)61-49-30-23-35-13-4-6-15-40(35)53(49)54-41-16-7-5-14-36(41)24-31-50(54)61/h1-33H. The van der Waals surface area contributed by atoms with Crippen molar-refractivity contribution in [1.82, 2.24) is 14.5 Å². The second-order valence-electron chi connectivity index (χ2n) is 16.4. The molecule has 0 amide bonds. The van der Waals surface area contributed by atoms with Crippen LogP contribution >= 0.6 is 11.3 Å². The quantitative estimate of drug-likeness (QED) is 0.177. The molecule has 0 unspecified atom stereocenters. The van der Waals surface area contributed by atoms with Gasteiger partial charge in [0.15, 0.2) is 5.82 Å². The Balaban J connectivity index is 0.991. The highest BCUT2D eigenvalue weighted by molar-refractivity contribution is 7.25. The van der Waals surface area contributed by atoms with Gasteiger partial charge in [-0.25, -0.2) is 9.97 Å². The molecule has 1 aliphatic rings. The number of nitrogens with zero attached hydrogens (tertiary/aromatic N) is 3. The first-order chi connectivity index (χ1) is 30.7. The van der Waals surface area contributed by atoms with Crippen molar-refractivity contribution >= 4 is 85.8 Å². The number of thiophene rings is 1. The van der Waals surface area contributed by atoms with Gasteiger partial charge in [0.1, 0.15) is 4.83 Å². The number of benzene rings is 10. The van der Waals surface area contributed by atoms with Crippen LogP contribution in [0.15, 0.2) is 200 Å². The summed E-state index contributed by atoms with van der Waals surface area (Å²) in [6.45, 7) is 0. The third kappa shape index (κ3) is 4.75. The molecule has 3 heterocycles. The fraction of sp³-hybridized carbons (Fsp3) is 0. The summed E-state index contributed by atoms with van der Waals surface area (Å²) >= 11 is 1.75. The van der Waals surface area contributed by atoms with Crippen LogP contribution in [0.2, 0.25) is 0 Å². The molecule has 0 fully saturated rings. The van der Waals surface area contributed by atoms with E-state index in [1.54, 1.807) is 11.3 Å². The van der Waals surface area contributed by atoms with Gasteiger partial charge in [-0.15, -0.1) is 11.3 Å². The minimum Gasteiger partial charge on any atom is -0.309 e. The topological polar surface area (TPSA) is 30.7 Å². The largest absolute Gasteiger partial charge is 0.309 e. The van der Waals surface area contributed by atoms with Gasteiger partial charge >= 0.3 is 0 Å². The summed E-state index contributed by atoms with van der Waals surface area (Å²) < 4.78 is 3.62. The summed E-state index contributed by atoms with van der Waals surface area (Å²) in [4.78, 5) is 12.0. The van der Waals surface area contributed by atoms with E-state index in [2.05, 4.69) is 205 Å². The van der Waals surface area contributed by atoms with E-state index in [-0.39, 0.29) is 0 Å². The predicted octanol–water partition coefficient (Wildman–Crippen LogP) is 16.0. The van der Waals surface area contributed by atoms with E-state index in [0.29, 0.717) is 0 Å². The van der Waals surface area contributed by atoms with Gasteiger partial charge in [0.05, 0.1) is 16.7 Å². The fourth-order valence-corrected chi connectivity index (χ4v) is 11.5. The van der Waals surface area contributed by atoms with Gasteiger partial charge in [0.2, 0.25) is 0 Å². The summed E-state index contributed by atoms with van der Waals surface area (Å²) in [5, 5.41) is 12.4. The third-order valence-corrected chi connectivity index (χ3v) is 14.2. The normalized spacial score (nSPS) is 12.2. The van der Waals surface area contributed by atoms with Gasteiger partial charge in [-0.2, -0.15) is 0 Å². The van der Waals surface area contributed by atoms with Gasteiger partial charge in [-0.3, -0.25) is 0 Å². The van der Waals surface area contributed by atoms with Gasteiger partial charge in [0.25, 0.3) is 0 Å². The van der Waals surface area contributed by atoms with Gasteiger partial charge in [-0.1, -0.05) is 152 Å². The lowest BCUT2D eigenvalue weighted by Crippen LogP contribution is -1.96. The first kappa shape index (κ1) is 33.9. The second kappa shape index (κ2) is 12.8. The van der Waals surface area contributed by atoms with Crippen molar-refractivity contribution in [2.45, 2.75) is 0 Å². The molecule has 4 heteroatoms. The molecule has 3 nitrogen and oxygen atoms in total. The van der Waals surface area contributed by atoms with Crippen molar-refractivity contribution in [3.63, 3.8) is 0 Å². The molecule has 14 rings (SSSR count). The molecule has 10 aromatic carbocycles. The van der Waals surface area contributed by atoms with E-state index in [0.717, 1.165) is 38.5 Å². The van der Waals surface area contributed by atoms with E-state index in [1.807, 2.05) is 0 Å². The molecule has 3 aromatic heterocycles. The lowest BCUT2D eigenvalue weighted by molar-refractivity contribution is 1.18. The molecule has 286 valence electrons. The van der Waals surface area contributed by atoms with Gasteiger partial charge in [0, 0.05) is 43.1 Å². The lowest BCUT2D eigenvalue weighted by Gasteiger charge is -2.13. The number of fused-ring (bicyclic) bond motifs is 13. The fourth-order valence-electron chi connectivity index (χ4n) is 10.4. The molecule has 0 aliphatic heterocycles. The maximum atomic E-state index is 5.59. The van der Waals surface area contributed by atoms with Crippen LogP contribution in [0.1, 0.15) is 0 Å². The van der Waals surface area contributed by atoms with Crippen molar-refractivity contribution in [3.8, 4) is 61.7 Å². The first-order valence-corrected chi connectivity index (χ1v) is 22.0. The Morgan fingerprint density at radius 2 is 0.952 bits per heavy atom. The van der Waals surface area contributed by atoms with Crippen molar-refractivity contribution in [3.05, 3.63) is 200 Å².